The number of aromatic nitrogens is 3. The lowest BCUT2D eigenvalue weighted by Crippen LogP contribution is -2.11. The molecule has 2 aromatic heterocycles. The minimum atomic E-state index is -0.165. The van der Waals surface area contributed by atoms with Gasteiger partial charge in [0.05, 0.1) is 15.9 Å². The molecule has 0 spiro atoms. The number of fused-ring (bicyclic) bond motifs is 1. The van der Waals surface area contributed by atoms with Crippen LogP contribution in [-0.4, -0.2) is 20.7 Å². The van der Waals surface area contributed by atoms with Crippen molar-refractivity contribution in [1.29, 1.82) is 0 Å². The van der Waals surface area contributed by atoms with Crippen molar-refractivity contribution < 1.29 is 4.79 Å². The second-order valence-electron chi connectivity index (χ2n) is 5.85. The lowest BCUT2D eigenvalue weighted by molar-refractivity contribution is 0.102. The summed E-state index contributed by atoms with van der Waals surface area (Å²) in [6, 6.07) is 13.3. The van der Waals surface area contributed by atoms with Gasteiger partial charge in [-0.25, -0.2) is 9.67 Å². The second-order valence-corrected chi connectivity index (χ2v) is 6.85. The highest BCUT2D eigenvalue weighted by molar-refractivity contribution is 7.22. The Morgan fingerprint density at radius 2 is 1.84 bits per heavy atom. The molecule has 0 fully saturated rings. The summed E-state index contributed by atoms with van der Waals surface area (Å²) in [6.07, 6.45) is 3.58. The maximum atomic E-state index is 12.5. The normalized spacial score (nSPS) is 11.0. The first-order valence-electron chi connectivity index (χ1n) is 7.90. The number of hydrogen-bond acceptors (Lipinski definition) is 4. The van der Waals surface area contributed by atoms with Crippen molar-refractivity contribution in [2.24, 2.45) is 0 Å². The molecule has 0 unspecified atom stereocenters. The standard InChI is InChI=1S/C19H16N4OS/c1-12-4-5-13(2)17-16(12)21-19(25-17)22-18(24)14-6-8-15(9-7-14)23-11-3-10-20-23/h3-11H,1-2H3,(H,21,22,24). The molecule has 5 nitrogen and oxygen atoms in total. The third-order valence-corrected chi connectivity index (χ3v) is 5.17. The molecule has 1 amide bonds. The Labute approximate surface area is 149 Å². The van der Waals surface area contributed by atoms with Crippen molar-refractivity contribution in [2.45, 2.75) is 13.8 Å². The summed E-state index contributed by atoms with van der Waals surface area (Å²) in [4.78, 5) is 17.1. The first-order chi connectivity index (χ1) is 12.1. The predicted molar refractivity (Wildman–Crippen MR) is 101 cm³/mol. The Morgan fingerprint density at radius 1 is 1.08 bits per heavy atom. The number of aryl methyl sites for hydroxylation is 2. The van der Waals surface area contributed by atoms with E-state index in [1.165, 1.54) is 16.9 Å². The molecule has 0 aliphatic rings. The van der Waals surface area contributed by atoms with Gasteiger partial charge in [0.2, 0.25) is 0 Å². The first kappa shape index (κ1) is 15.5. The fourth-order valence-corrected chi connectivity index (χ4v) is 3.68. The molecule has 4 rings (SSSR count). The van der Waals surface area contributed by atoms with E-state index in [2.05, 4.69) is 34.5 Å². The van der Waals surface area contributed by atoms with Gasteiger partial charge in [-0.2, -0.15) is 5.10 Å². The topological polar surface area (TPSA) is 59.8 Å². The summed E-state index contributed by atoms with van der Waals surface area (Å²) in [5.41, 5.74) is 4.73. The monoisotopic (exact) mass is 348 g/mol. The van der Waals surface area contributed by atoms with E-state index in [0.717, 1.165) is 21.5 Å². The number of anilines is 1. The predicted octanol–water partition coefficient (Wildman–Crippen LogP) is 4.35. The van der Waals surface area contributed by atoms with Gasteiger partial charge in [0, 0.05) is 18.0 Å². The molecule has 2 aromatic carbocycles. The van der Waals surface area contributed by atoms with Crippen molar-refractivity contribution >= 4 is 32.6 Å². The zero-order valence-electron chi connectivity index (χ0n) is 13.9. The van der Waals surface area contributed by atoms with Crippen molar-refractivity contribution in [3.05, 3.63) is 71.5 Å². The van der Waals surface area contributed by atoms with Gasteiger partial charge in [0.1, 0.15) is 0 Å². The van der Waals surface area contributed by atoms with Crippen molar-refractivity contribution in [3.8, 4) is 5.69 Å². The van der Waals surface area contributed by atoms with Crippen molar-refractivity contribution in [1.82, 2.24) is 14.8 Å². The van der Waals surface area contributed by atoms with Crippen LogP contribution in [-0.2, 0) is 0 Å². The Kier molecular flexibility index (Phi) is 3.82. The molecule has 0 saturated carbocycles. The molecular weight excluding hydrogens is 332 g/mol. The van der Waals surface area contributed by atoms with E-state index >= 15 is 0 Å². The van der Waals surface area contributed by atoms with Gasteiger partial charge in [0.15, 0.2) is 5.13 Å². The molecule has 4 aromatic rings. The highest BCUT2D eigenvalue weighted by Crippen LogP contribution is 2.31. The molecule has 0 aliphatic heterocycles. The molecule has 0 aliphatic carbocycles. The molecule has 2 heterocycles. The molecule has 0 radical (unpaired) electrons. The molecule has 0 atom stereocenters. The van der Waals surface area contributed by atoms with E-state index < -0.39 is 0 Å². The van der Waals surface area contributed by atoms with Crippen LogP contribution in [0.3, 0.4) is 0 Å². The van der Waals surface area contributed by atoms with Crippen LogP contribution in [0.5, 0.6) is 0 Å². The largest absolute Gasteiger partial charge is 0.298 e. The van der Waals surface area contributed by atoms with Crippen LogP contribution < -0.4 is 5.32 Å². The Hall–Kier alpha value is -2.99. The van der Waals surface area contributed by atoms with Crippen LogP contribution in [0.4, 0.5) is 5.13 Å². The fraction of sp³-hybridized carbons (Fsp3) is 0.105. The number of carbonyl (C=O) groups excluding carboxylic acids is 1. The molecule has 0 saturated heterocycles. The van der Waals surface area contributed by atoms with E-state index in [4.69, 9.17) is 0 Å². The Balaban J connectivity index is 1.58. The van der Waals surface area contributed by atoms with Crippen LogP contribution in [0.25, 0.3) is 15.9 Å². The highest BCUT2D eigenvalue weighted by Gasteiger charge is 2.12. The second kappa shape index (κ2) is 6.14. The zero-order chi connectivity index (χ0) is 17.4. The summed E-state index contributed by atoms with van der Waals surface area (Å²) >= 11 is 1.51. The SMILES string of the molecule is Cc1ccc(C)c2sc(NC(=O)c3ccc(-n4cccn4)cc3)nc12. The summed E-state index contributed by atoms with van der Waals surface area (Å²) in [5, 5.41) is 7.70. The van der Waals surface area contributed by atoms with Crippen LogP contribution >= 0.6 is 11.3 Å². The number of nitrogens with one attached hydrogen (secondary N) is 1. The molecule has 1 N–H and O–H groups in total. The van der Waals surface area contributed by atoms with E-state index in [1.54, 1.807) is 23.0 Å². The van der Waals surface area contributed by atoms with Gasteiger partial charge in [-0.15, -0.1) is 0 Å². The minimum Gasteiger partial charge on any atom is -0.298 e. The Bertz CT molecular complexity index is 1010. The van der Waals surface area contributed by atoms with Gasteiger partial charge >= 0.3 is 0 Å². The molecule has 6 heteroatoms. The number of benzene rings is 2. The van der Waals surface area contributed by atoms with Gasteiger partial charge < -0.3 is 0 Å². The number of carbonyl (C=O) groups is 1. The summed E-state index contributed by atoms with van der Waals surface area (Å²) in [5.74, 6) is -0.165. The van der Waals surface area contributed by atoms with E-state index in [1.807, 2.05) is 31.3 Å². The Morgan fingerprint density at radius 3 is 2.52 bits per heavy atom. The maximum Gasteiger partial charge on any atom is 0.257 e. The van der Waals surface area contributed by atoms with Gasteiger partial charge in [-0.05, 0) is 55.3 Å². The molecule has 124 valence electrons. The van der Waals surface area contributed by atoms with Crippen LogP contribution in [0, 0.1) is 13.8 Å². The summed E-state index contributed by atoms with van der Waals surface area (Å²) in [6.45, 7) is 4.08. The van der Waals surface area contributed by atoms with Crippen LogP contribution in [0.1, 0.15) is 21.5 Å². The zero-order valence-corrected chi connectivity index (χ0v) is 14.7. The molecule has 25 heavy (non-hydrogen) atoms. The number of rotatable bonds is 3. The van der Waals surface area contributed by atoms with Crippen molar-refractivity contribution in [2.75, 3.05) is 5.32 Å². The third kappa shape index (κ3) is 2.92. The van der Waals surface area contributed by atoms with E-state index in [0.29, 0.717) is 10.7 Å². The quantitative estimate of drug-likeness (QED) is 0.599. The fourth-order valence-electron chi connectivity index (χ4n) is 2.67. The van der Waals surface area contributed by atoms with Crippen LogP contribution in [0.2, 0.25) is 0 Å². The highest BCUT2D eigenvalue weighted by atomic mass is 32.1. The molecular formula is C19H16N4OS. The van der Waals surface area contributed by atoms with E-state index in [-0.39, 0.29) is 5.91 Å². The maximum absolute atomic E-state index is 12.5. The molecule has 0 bridgehead atoms. The number of amides is 1. The summed E-state index contributed by atoms with van der Waals surface area (Å²) in [7, 11) is 0. The van der Waals surface area contributed by atoms with Crippen molar-refractivity contribution in [3.63, 3.8) is 0 Å². The first-order valence-corrected chi connectivity index (χ1v) is 8.71. The van der Waals surface area contributed by atoms with Gasteiger partial charge in [-0.3, -0.25) is 10.1 Å². The third-order valence-electron chi connectivity index (χ3n) is 4.06. The number of hydrogen-bond donors (Lipinski definition) is 1. The van der Waals surface area contributed by atoms with Crippen LogP contribution in [0.15, 0.2) is 54.9 Å². The lowest BCUT2D eigenvalue weighted by Gasteiger charge is -2.04. The lowest BCUT2D eigenvalue weighted by atomic mass is 10.1. The van der Waals surface area contributed by atoms with Gasteiger partial charge in [-0.1, -0.05) is 23.5 Å². The van der Waals surface area contributed by atoms with E-state index in [9.17, 15) is 4.79 Å². The van der Waals surface area contributed by atoms with Gasteiger partial charge in [0.25, 0.3) is 5.91 Å². The summed E-state index contributed by atoms with van der Waals surface area (Å²) < 4.78 is 2.87. The number of thiazole rings is 1. The smallest absolute Gasteiger partial charge is 0.257 e. The average Bonchev–Trinajstić information content (AvgIpc) is 3.29. The minimum absolute atomic E-state index is 0.165. The average molecular weight is 348 g/mol. The number of nitrogens with zero attached hydrogens (tertiary/aromatic N) is 3.